The van der Waals surface area contributed by atoms with Gasteiger partial charge in [0, 0.05) is 11.3 Å². The second kappa shape index (κ2) is 5.73. The SMILES string of the molecule is CC(C)c1cn[nH]c(=O)c1Oc1c(Cl)cc(N)cc1Cl. The van der Waals surface area contributed by atoms with Crippen molar-refractivity contribution in [2.75, 3.05) is 5.73 Å². The molecule has 1 aromatic carbocycles. The van der Waals surface area contributed by atoms with Crippen LogP contribution in [0.25, 0.3) is 0 Å². The maximum Gasteiger partial charge on any atom is 0.307 e. The Hall–Kier alpha value is -1.72. The largest absolute Gasteiger partial charge is 0.448 e. The molecule has 3 N–H and O–H groups in total. The fourth-order valence-electron chi connectivity index (χ4n) is 1.70. The van der Waals surface area contributed by atoms with Gasteiger partial charge in [0.05, 0.1) is 16.2 Å². The molecule has 0 saturated heterocycles. The zero-order valence-electron chi connectivity index (χ0n) is 10.9. The molecule has 0 radical (unpaired) electrons. The van der Waals surface area contributed by atoms with Crippen molar-refractivity contribution in [3.05, 3.63) is 44.3 Å². The Labute approximate surface area is 125 Å². The second-order valence-corrected chi connectivity index (χ2v) is 5.37. The predicted octanol–water partition coefficient (Wildman–Crippen LogP) is 3.57. The van der Waals surface area contributed by atoms with E-state index < -0.39 is 5.56 Å². The number of H-pyrrole nitrogens is 1. The molecule has 5 nitrogen and oxygen atoms in total. The van der Waals surface area contributed by atoms with Crippen molar-refractivity contribution < 1.29 is 4.74 Å². The molecule has 2 aromatic rings. The number of nitrogens with one attached hydrogen (secondary N) is 1. The van der Waals surface area contributed by atoms with Gasteiger partial charge in [-0.1, -0.05) is 37.0 Å². The van der Waals surface area contributed by atoms with Crippen LogP contribution in [0.2, 0.25) is 10.0 Å². The zero-order valence-corrected chi connectivity index (χ0v) is 12.4. The monoisotopic (exact) mass is 313 g/mol. The molecule has 0 aliphatic carbocycles. The highest BCUT2D eigenvalue weighted by atomic mass is 35.5. The van der Waals surface area contributed by atoms with Crippen LogP contribution in [0, 0.1) is 0 Å². The molecule has 0 unspecified atom stereocenters. The highest BCUT2D eigenvalue weighted by Crippen LogP contribution is 2.38. The number of halogens is 2. The lowest BCUT2D eigenvalue weighted by Crippen LogP contribution is -2.14. The molecule has 1 heterocycles. The Morgan fingerprint density at radius 3 is 2.40 bits per heavy atom. The maximum absolute atomic E-state index is 11.9. The molecule has 0 fully saturated rings. The van der Waals surface area contributed by atoms with Gasteiger partial charge in [-0.25, -0.2) is 5.10 Å². The summed E-state index contributed by atoms with van der Waals surface area (Å²) in [5.41, 5.74) is 6.26. The minimum Gasteiger partial charge on any atom is -0.448 e. The number of ether oxygens (including phenoxy) is 1. The van der Waals surface area contributed by atoms with Crippen molar-refractivity contribution in [2.24, 2.45) is 0 Å². The van der Waals surface area contributed by atoms with Gasteiger partial charge >= 0.3 is 5.56 Å². The molecule has 0 aliphatic rings. The standard InChI is InChI=1S/C13H13Cl2N3O2/c1-6(2)8-5-17-18-13(19)11(8)20-12-9(14)3-7(16)4-10(12)15/h3-6H,16H2,1-2H3,(H,18,19). The smallest absolute Gasteiger partial charge is 0.307 e. The number of benzene rings is 1. The number of nitrogen functional groups attached to an aromatic ring is 1. The van der Waals surface area contributed by atoms with E-state index in [2.05, 4.69) is 10.2 Å². The van der Waals surface area contributed by atoms with Crippen LogP contribution in [0.15, 0.2) is 23.1 Å². The average molecular weight is 314 g/mol. The van der Waals surface area contributed by atoms with Crippen LogP contribution in [0.3, 0.4) is 0 Å². The third-order valence-electron chi connectivity index (χ3n) is 2.68. The Morgan fingerprint density at radius 2 is 1.85 bits per heavy atom. The summed E-state index contributed by atoms with van der Waals surface area (Å²) >= 11 is 12.1. The number of hydrogen-bond donors (Lipinski definition) is 2. The number of aromatic nitrogens is 2. The van der Waals surface area contributed by atoms with E-state index in [1.165, 1.54) is 12.1 Å². The van der Waals surface area contributed by atoms with E-state index in [0.29, 0.717) is 11.3 Å². The topological polar surface area (TPSA) is 81.0 Å². The summed E-state index contributed by atoms with van der Waals surface area (Å²) in [5, 5.41) is 6.56. The van der Waals surface area contributed by atoms with Gasteiger partial charge in [0.2, 0.25) is 0 Å². The Bertz CT molecular complexity index is 675. The minimum atomic E-state index is -0.444. The lowest BCUT2D eigenvalue weighted by molar-refractivity contribution is 0.462. The van der Waals surface area contributed by atoms with E-state index in [0.717, 1.165) is 0 Å². The lowest BCUT2D eigenvalue weighted by atomic mass is 10.1. The van der Waals surface area contributed by atoms with Crippen LogP contribution in [-0.4, -0.2) is 10.2 Å². The Morgan fingerprint density at radius 1 is 1.25 bits per heavy atom. The van der Waals surface area contributed by atoms with E-state index in [9.17, 15) is 4.79 Å². The molecule has 1 aromatic heterocycles. The second-order valence-electron chi connectivity index (χ2n) is 4.55. The van der Waals surface area contributed by atoms with Gasteiger partial charge in [0.25, 0.3) is 0 Å². The first-order valence-corrected chi connectivity index (χ1v) is 6.65. The van der Waals surface area contributed by atoms with E-state index in [4.69, 9.17) is 33.7 Å². The Kier molecular flexibility index (Phi) is 4.20. The lowest BCUT2D eigenvalue weighted by Gasteiger charge is -2.14. The molecular formula is C13H13Cl2N3O2. The predicted molar refractivity (Wildman–Crippen MR) is 79.9 cm³/mol. The molecule has 0 amide bonds. The van der Waals surface area contributed by atoms with Crippen molar-refractivity contribution in [3.8, 4) is 11.5 Å². The van der Waals surface area contributed by atoms with Gasteiger partial charge in [0.1, 0.15) is 0 Å². The highest BCUT2D eigenvalue weighted by molar-refractivity contribution is 6.37. The van der Waals surface area contributed by atoms with Crippen LogP contribution >= 0.6 is 23.2 Å². The van der Waals surface area contributed by atoms with Crippen molar-refractivity contribution >= 4 is 28.9 Å². The molecule has 20 heavy (non-hydrogen) atoms. The van der Waals surface area contributed by atoms with E-state index in [1.807, 2.05) is 13.8 Å². The van der Waals surface area contributed by atoms with Crippen LogP contribution in [0.5, 0.6) is 11.5 Å². The molecule has 2 rings (SSSR count). The van der Waals surface area contributed by atoms with E-state index in [-0.39, 0.29) is 27.5 Å². The third-order valence-corrected chi connectivity index (χ3v) is 3.25. The van der Waals surface area contributed by atoms with Crippen LogP contribution in [-0.2, 0) is 0 Å². The number of anilines is 1. The number of nitrogens with zero attached hydrogens (tertiary/aromatic N) is 1. The van der Waals surface area contributed by atoms with Gasteiger partial charge < -0.3 is 10.5 Å². The summed E-state index contributed by atoms with van der Waals surface area (Å²) in [6.45, 7) is 3.85. The average Bonchev–Trinajstić information content (AvgIpc) is 2.34. The van der Waals surface area contributed by atoms with Crippen LogP contribution in [0.1, 0.15) is 25.3 Å². The van der Waals surface area contributed by atoms with Gasteiger partial charge in [-0.05, 0) is 18.1 Å². The molecule has 0 saturated carbocycles. The summed E-state index contributed by atoms with van der Waals surface area (Å²) in [4.78, 5) is 11.9. The fraction of sp³-hybridized carbons (Fsp3) is 0.231. The number of nitrogens with two attached hydrogens (primary N) is 1. The first kappa shape index (κ1) is 14.7. The van der Waals surface area contributed by atoms with Crippen molar-refractivity contribution in [1.29, 1.82) is 0 Å². The van der Waals surface area contributed by atoms with Crippen molar-refractivity contribution in [3.63, 3.8) is 0 Å². The quantitative estimate of drug-likeness (QED) is 0.849. The molecule has 0 aliphatic heterocycles. The molecular weight excluding hydrogens is 301 g/mol. The van der Waals surface area contributed by atoms with Gasteiger partial charge in [-0.3, -0.25) is 4.79 Å². The summed E-state index contributed by atoms with van der Waals surface area (Å²) in [5.74, 6) is 0.385. The van der Waals surface area contributed by atoms with Crippen molar-refractivity contribution in [1.82, 2.24) is 10.2 Å². The van der Waals surface area contributed by atoms with Gasteiger partial charge in [-0.15, -0.1) is 0 Å². The minimum absolute atomic E-state index is 0.0612. The molecule has 0 atom stereocenters. The molecule has 0 bridgehead atoms. The van der Waals surface area contributed by atoms with Crippen LogP contribution < -0.4 is 16.0 Å². The molecule has 106 valence electrons. The Balaban J connectivity index is 2.54. The number of rotatable bonds is 3. The maximum atomic E-state index is 11.9. The van der Waals surface area contributed by atoms with Gasteiger partial charge in [0.15, 0.2) is 11.5 Å². The summed E-state index contributed by atoms with van der Waals surface area (Å²) in [6, 6.07) is 3.01. The van der Waals surface area contributed by atoms with Crippen molar-refractivity contribution in [2.45, 2.75) is 19.8 Å². The van der Waals surface area contributed by atoms with E-state index >= 15 is 0 Å². The zero-order chi connectivity index (χ0) is 14.9. The third kappa shape index (κ3) is 2.89. The normalized spacial score (nSPS) is 10.8. The summed E-state index contributed by atoms with van der Waals surface area (Å²) in [6.07, 6.45) is 1.54. The van der Waals surface area contributed by atoms with E-state index in [1.54, 1.807) is 6.20 Å². The van der Waals surface area contributed by atoms with Gasteiger partial charge in [-0.2, -0.15) is 5.10 Å². The fourth-order valence-corrected chi connectivity index (χ4v) is 2.28. The molecule has 7 heteroatoms. The number of aromatic amines is 1. The highest BCUT2D eigenvalue weighted by Gasteiger charge is 2.17. The first-order chi connectivity index (χ1) is 9.40. The summed E-state index contributed by atoms with van der Waals surface area (Å²) in [7, 11) is 0. The number of hydrogen-bond acceptors (Lipinski definition) is 4. The molecule has 0 spiro atoms. The first-order valence-electron chi connectivity index (χ1n) is 5.90. The summed E-state index contributed by atoms with van der Waals surface area (Å²) < 4.78 is 5.61. The van der Waals surface area contributed by atoms with Crippen LogP contribution in [0.4, 0.5) is 5.69 Å².